The van der Waals surface area contributed by atoms with Crippen LogP contribution in [0.25, 0.3) is 0 Å². The minimum Gasteiger partial charge on any atom is -0.497 e. The van der Waals surface area contributed by atoms with Crippen molar-refractivity contribution >= 4 is 12.0 Å². The maximum Gasteiger partial charge on any atom is 0.415 e. The summed E-state index contributed by atoms with van der Waals surface area (Å²) in [5.41, 5.74) is 0. The van der Waals surface area contributed by atoms with Crippen LogP contribution in [0.1, 0.15) is 6.92 Å². The third-order valence-corrected chi connectivity index (χ3v) is 3.25. The van der Waals surface area contributed by atoms with Crippen molar-refractivity contribution in [1.29, 1.82) is 0 Å². The molecule has 0 unspecified atom stereocenters. The molecule has 1 fully saturated rings. The summed E-state index contributed by atoms with van der Waals surface area (Å²) in [5.74, 6) is 1.22. The van der Waals surface area contributed by atoms with Crippen LogP contribution < -0.4 is 9.47 Å². The van der Waals surface area contributed by atoms with Gasteiger partial charge in [0.1, 0.15) is 11.5 Å². The van der Waals surface area contributed by atoms with Crippen molar-refractivity contribution in [3.05, 3.63) is 24.3 Å². The number of hydrogen-bond acceptors (Lipinski definition) is 4. The van der Waals surface area contributed by atoms with E-state index in [2.05, 4.69) is 0 Å². The summed E-state index contributed by atoms with van der Waals surface area (Å²) >= 11 is 0. The van der Waals surface area contributed by atoms with Gasteiger partial charge < -0.3 is 19.3 Å². The molecule has 2 rings (SSSR count). The van der Waals surface area contributed by atoms with E-state index in [-0.39, 0.29) is 5.91 Å². The highest BCUT2D eigenvalue weighted by Gasteiger charge is 2.23. The van der Waals surface area contributed by atoms with E-state index >= 15 is 0 Å². The van der Waals surface area contributed by atoms with Crippen LogP contribution in [0.2, 0.25) is 0 Å². The minimum absolute atomic E-state index is 0.0353. The lowest BCUT2D eigenvalue weighted by Crippen LogP contribution is -2.50. The zero-order valence-corrected chi connectivity index (χ0v) is 11.7. The Bertz CT molecular complexity index is 478. The summed E-state index contributed by atoms with van der Waals surface area (Å²) in [5, 5.41) is 0. The van der Waals surface area contributed by atoms with Gasteiger partial charge in [0.15, 0.2) is 0 Å². The molecule has 1 heterocycles. The van der Waals surface area contributed by atoms with Gasteiger partial charge in [0.05, 0.1) is 7.11 Å². The fourth-order valence-corrected chi connectivity index (χ4v) is 2.01. The van der Waals surface area contributed by atoms with E-state index in [9.17, 15) is 9.59 Å². The number of nitrogens with zero attached hydrogens (tertiary/aromatic N) is 2. The molecule has 0 aliphatic carbocycles. The van der Waals surface area contributed by atoms with E-state index in [1.54, 1.807) is 41.2 Å². The van der Waals surface area contributed by atoms with E-state index < -0.39 is 6.09 Å². The summed E-state index contributed by atoms with van der Waals surface area (Å²) in [6, 6.07) is 6.83. The first kappa shape index (κ1) is 14.2. The van der Waals surface area contributed by atoms with Gasteiger partial charge in [-0.2, -0.15) is 0 Å². The number of carbonyl (C=O) groups excluding carboxylic acids is 2. The van der Waals surface area contributed by atoms with Crippen molar-refractivity contribution in [3.63, 3.8) is 0 Å². The summed E-state index contributed by atoms with van der Waals surface area (Å²) in [4.78, 5) is 26.5. The lowest BCUT2D eigenvalue weighted by molar-refractivity contribution is -0.130. The van der Waals surface area contributed by atoms with Crippen molar-refractivity contribution in [2.75, 3.05) is 33.3 Å². The maximum atomic E-state index is 12.0. The highest BCUT2D eigenvalue weighted by molar-refractivity contribution is 5.74. The Labute approximate surface area is 117 Å². The van der Waals surface area contributed by atoms with Gasteiger partial charge in [-0.3, -0.25) is 4.79 Å². The van der Waals surface area contributed by atoms with Gasteiger partial charge in [0.2, 0.25) is 5.91 Å². The summed E-state index contributed by atoms with van der Waals surface area (Å²) in [6.45, 7) is 3.62. The van der Waals surface area contributed by atoms with E-state index in [1.807, 2.05) is 0 Å². The molecule has 108 valence electrons. The Kier molecular flexibility index (Phi) is 4.45. The molecule has 0 bridgehead atoms. The molecule has 0 radical (unpaired) electrons. The van der Waals surface area contributed by atoms with Crippen LogP contribution in [0.3, 0.4) is 0 Å². The van der Waals surface area contributed by atoms with Gasteiger partial charge in [-0.25, -0.2) is 4.79 Å². The number of piperazine rings is 1. The molecule has 6 nitrogen and oxygen atoms in total. The predicted molar refractivity (Wildman–Crippen MR) is 72.8 cm³/mol. The number of amides is 2. The predicted octanol–water partition coefficient (Wildman–Crippen LogP) is 1.36. The fraction of sp³-hybridized carbons (Fsp3) is 0.429. The second kappa shape index (κ2) is 6.27. The van der Waals surface area contributed by atoms with E-state index in [0.29, 0.717) is 37.7 Å². The molecule has 0 spiro atoms. The molecule has 6 heteroatoms. The average molecular weight is 278 g/mol. The smallest absolute Gasteiger partial charge is 0.415 e. The third-order valence-electron chi connectivity index (χ3n) is 3.25. The van der Waals surface area contributed by atoms with Crippen LogP contribution in [-0.4, -0.2) is 55.1 Å². The second-order valence-corrected chi connectivity index (χ2v) is 4.54. The van der Waals surface area contributed by atoms with Crippen LogP contribution in [0.15, 0.2) is 24.3 Å². The molecule has 0 atom stereocenters. The molecular weight excluding hydrogens is 260 g/mol. The van der Waals surface area contributed by atoms with Crippen LogP contribution in [0, 0.1) is 0 Å². The molecular formula is C14H18N2O4. The Morgan fingerprint density at radius 3 is 1.95 bits per heavy atom. The summed E-state index contributed by atoms with van der Waals surface area (Å²) in [6.07, 6.45) is -0.390. The van der Waals surface area contributed by atoms with Crippen molar-refractivity contribution in [2.45, 2.75) is 6.92 Å². The molecule has 0 saturated carbocycles. The first-order valence-corrected chi connectivity index (χ1v) is 6.46. The largest absolute Gasteiger partial charge is 0.497 e. The van der Waals surface area contributed by atoms with Crippen molar-refractivity contribution in [1.82, 2.24) is 9.80 Å². The van der Waals surface area contributed by atoms with Crippen LogP contribution in [0.5, 0.6) is 11.5 Å². The van der Waals surface area contributed by atoms with Gasteiger partial charge in [0.25, 0.3) is 0 Å². The quantitative estimate of drug-likeness (QED) is 0.819. The molecule has 1 aromatic carbocycles. The van der Waals surface area contributed by atoms with Crippen molar-refractivity contribution in [3.8, 4) is 11.5 Å². The fourth-order valence-electron chi connectivity index (χ4n) is 2.01. The highest BCUT2D eigenvalue weighted by atomic mass is 16.6. The Morgan fingerprint density at radius 1 is 0.950 bits per heavy atom. The number of benzene rings is 1. The van der Waals surface area contributed by atoms with E-state index in [1.165, 1.54) is 6.92 Å². The average Bonchev–Trinajstić information content (AvgIpc) is 2.48. The van der Waals surface area contributed by atoms with E-state index in [0.717, 1.165) is 0 Å². The molecule has 1 aliphatic heterocycles. The monoisotopic (exact) mass is 278 g/mol. The van der Waals surface area contributed by atoms with E-state index in [4.69, 9.17) is 9.47 Å². The van der Waals surface area contributed by atoms with Gasteiger partial charge >= 0.3 is 6.09 Å². The molecule has 2 amide bonds. The van der Waals surface area contributed by atoms with Gasteiger partial charge in [0, 0.05) is 33.1 Å². The minimum atomic E-state index is -0.390. The standard InChI is InChI=1S/C14H18N2O4/c1-11(17)15-7-9-16(10-8-15)14(18)20-13-5-3-12(19-2)4-6-13/h3-6H,7-10H2,1-2H3. The number of ether oxygens (including phenoxy) is 2. The lowest BCUT2D eigenvalue weighted by atomic mass is 10.3. The maximum absolute atomic E-state index is 12.0. The third kappa shape index (κ3) is 3.40. The highest BCUT2D eigenvalue weighted by Crippen LogP contribution is 2.18. The first-order chi connectivity index (χ1) is 9.60. The SMILES string of the molecule is COc1ccc(OC(=O)N2CCN(C(C)=O)CC2)cc1. The number of methoxy groups -OCH3 is 1. The van der Waals surface area contributed by atoms with Gasteiger partial charge in [-0.15, -0.1) is 0 Å². The Balaban J connectivity index is 1.87. The van der Waals surface area contributed by atoms with Crippen LogP contribution in [0.4, 0.5) is 4.79 Å². The summed E-state index contributed by atoms with van der Waals surface area (Å²) in [7, 11) is 1.58. The number of hydrogen-bond donors (Lipinski definition) is 0. The van der Waals surface area contributed by atoms with Crippen molar-refractivity contribution in [2.24, 2.45) is 0 Å². The zero-order chi connectivity index (χ0) is 14.5. The molecule has 1 aliphatic rings. The van der Waals surface area contributed by atoms with Crippen LogP contribution >= 0.6 is 0 Å². The Morgan fingerprint density at radius 2 is 1.45 bits per heavy atom. The summed E-state index contributed by atoms with van der Waals surface area (Å²) < 4.78 is 10.3. The topological polar surface area (TPSA) is 59.1 Å². The molecule has 0 aromatic heterocycles. The van der Waals surface area contributed by atoms with Gasteiger partial charge in [-0.1, -0.05) is 0 Å². The molecule has 1 saturated heterocycles. The molecule has 20 heavy (non-hydrogen) atoms. The molecule has 0 N–H and O–H groups in total. The number of carbonyl (C=O) groups is 2. The lowest BCUT2D eigenvalue weighted by Gasteiger charge is -2.33. The van der Waals surface area contributed by atoms with Gasteiger partial charge in [-0.05, 0) is 24.3 Å². The zero-order valence-electron chi connectivity index (χ0n) is 11.7. The normalized spacial score (nSPS) is 14.9. The van der Waals surface area contributed by atoms with Crippen LogP contribution in [-0.2, 0) is 4.79 Å². The molecule has 1 aromatic rings. The first-order valence-electron chi connectivity index (χ1n) is 6.46. The Hall–Kier alpha value is -2.24. The second-order valence-electron chi connectivity index (χ2n) is 4.54. The number of rotatable bonds is 2. The van der Waals surface area contributed by atoms with Crippen molar-refractivity contribution < 1.29 is 19.1 Å².